The molecule has 0 aliphatic rings. The molecule has 4 rings (SSSR count). The number of alkyl halides is 3. The molecule has 1 heterocycles. The fourth-order valence-corrected chi connectivity index (χ4v) is 4.76. The van der Waals surface area contributed by atoms with Crippen molar-refractivity contribution in [2.75, 3.05) is 25.0 Å². The smallest absolute Gasteiger partial charge is 0.367 e. The number of rotatable bonds is 10. The van der Waals surface area contributed by atoms with Gasteiger partial charge >= 0.3 is 6.18 Å². The van der Waals surface area contributed by atoms with E-state index in [1.807, 2.05) is 31.2 Å². The highest BCUT2D eigenvalue weighted by Crippen LogP contribution is 2.35. The summed E-state index contributed by atoms with van der Waals surface area (Å²) >= 11 is 0. The lowest BCUT2D eigenvalue weighted by Crippen LogP contribution is -2.25. The maximum atomic E-state index is 14.3. The minimum atomic E-state index is -4.74. The molecule has 0 radical (unpaired) electrons. The first-order valence-corrected chi connectivity index (χ1v) is 13.3. The average molecular weight is 539 g/mol. The molecule has 39 heavy (non-hydrogen) atoms. The molecule has 0 aliphatic carbocycles. The second-order valence-electron chi connectivity index (χ2n) is 9.85. The number of fused-ring (bicyclic) bond motifs is 1. The summed E-state index contributed by atoms with van der Waals surface area (Å²) in [6.07, 6.45) is -2.69. The van der Waals surface area contributed by atoms with Gasteiger partial charge in [0.15, 0.2) is 5.82 Å². The van der Waals surface area contributed by atoms with Crippen molar-refractivity contribution in [3.63, 3.8) is 0 Å². The van der Waals surface area contributed by atoms with Crippen molar-refractivity contribution in [3.05, 3.63) is 77.6 Å². The second kappa shape index (κ2) is 12.1. The molecule has 0 amide bonds. The third-order valence-corrected chi connectivity index (χ3v) is 7.05. The summed E-state index contributed by atoms with van der Waals surface area (Å²) in [6.45, 7) is 11.6. The van der Waals surface area contributed by atoms with Crippen LogP contribution in [0.15, 0.2) is 60.7 Å². The summed E-state index contributed by atoms with van der Waals surface area (Å²) < 4.78 is 53.4. The molecule has 0 spiro atoms. The molecule has 1 atom stereocenters. The molecule has 8 heteroatoms. The van der Waals surface area contributed by atoms with E-state index in [2.05, 4.69) is 31.0 Å². The molecule has 0 saturated heterocycles. The highest BCUT2D eigenvalue weighted by atomic mass is 19.4. The van der Waals surface area contributed by atoms with E-state index >= 15 is 0 Å². The number of anilines is 1. The van der Waals surface area contributed by atoms with E-state index in [1.54, 1.807) is 18.2 Å². The lowest BCUT2D eigenvalue weighted by Gasteiger charge is -2.21. The Labute approximate surface area is 227 Å². The summed E-state index contributed by atoms with van der Waals surface area (Å²) in [6, 6.07) is 16.3. The fourth-order valence-electron chi connectivity index (χ4n) is 4.76. The molecule has 1 aromatic heterocycles. The molecule has 4 nitrogen and oxygen atoms in total. The van der Waals surface area contributed by atoms with Crippen molar-refractivity contribution in [2.24, 2.45) is 0 Å². The van der Waals surface area contributed by atoms with Crippen molar-refractivity contribution in [1.29, 1.82) is 0 Å². The maximum absolute atomic E-state index is 14.3. The molecular weight excluding hydrogens is 504 g/mol. The van der Waals surface area contributed by atoms with E-state index in [4.69, 9.17) is 9.97 Å². The van der Waals surface area contributed by atoms with Gasteiger partial charge in [0.05, 0.1) is 11.1 Å². The maximum Gasteiger partial charge on any atom is 0.419 e. The molecule has 1 N–H and O–H groups in total. The van der Waals surface area contributed by atoms with Crippen LogP contribution in [0.25, 0.3) is 33.4 Å². The average Bonchev–Trinajstić information content (AvgIpc) is 2.91. The van der Waals surface area contributed by atoms with Crippen LogP contribution in [0.2, 0.25) is 0 Å². The van der Waals surface area contributed by atoms with Gasteiger partial charge in [-0.15, -0.1) is 0 Å². The van der Waals surface area contributed by atoms with E-state index in [9.17, 15) is 17.6 Å². The molecule has 4 aromatic rings. The Morgan fingerprint density at radius 3 is 2.28 bits per heavy atom. The molecule has 0 aliphatic heterocycles. The van der Waals surface area contributed by atoms with Crippen LogP contribution in [0.3, 0.4) is 0 Å². The van der Waals surface area contributed by atoms with Gasteiger partial charge in [0.1, 0.15) is 11.6 Å². The van der Waals surface area contributed by atoms with Gasteiger partial charge < -0.3 is 10.2 Å². The number of hydrogen-bond acceptors (Lipinski definition) is 4. The summed E-state index contributed by atoms with van der Waals surface area (Å²) in [4.78, 5) is 12.1. The number of nitrogens with one attached hydrogen (secondary N) is 1. The second-order valence-corrected chi connectivity index (χ2v) is 9.85. The van der Waals surface area contributed by atoms with Crippen molar-refractivity contribution in [2.45, 2.75) is 52.8 Å². The van der Waals surface area contributed by atoms with Crippen LogP contribution in [0, 0.1) is 12.7 Å². The van der Waals surface area contributed by atoms with E-state index < -0.39 is 17.6 Å². The monoisotopic (exact) mass is 538 g/mol. The number of aryl methyl sites for hydroxylation is 1. The Bertz CT molecular complexity index is 1430. The summed E-state index contributed by atoms with van der Waals surface area (Å²) in [5.74, 6) is -0.0756. The van der Waals surface area contributed by atoms with Crippen LogP contribution < -0.4 is 5.32 Å². The Morgan fingerprint density at radius 2 is 1.59 bits per heavy atom. The Hall–Kier alpha value is -3.52. The molecule has 0 bridgehead atoms. The number of nitrogens with zero attached hydrogens (tertiary/aromatic N) is 3. The third-order valence-electron chi connectivity index (χ3n) is 7.05. The number of halogens is 4. The van der Waals surface area contributed by atoms with Crippen LogP contribution in [-0.2, 0) is 6.18 Å². The van der Waals surface area contributed by atoms with Crippen LogP contribution in [-0.4, -0.2) is 40.5 Å². The highest BCUT2D eigenvalue weighted by Gasteiger charge is 2.34. The normalized spacial score (nSPS) is 12.7. The van der Waals surface area contributed by atoms with Gasteiger partial charge in [-0.25, -0.2) is 14.4 Å². The zero-order valence-corrected chi connectivity index (χ0v) is 22.7. The quantitative estimate of drug-likeness (QED) is 0.206. The summed E-state index contributed by atoms with van der Waals surface area (Å²) in [7, 11) is 0. The first-order chi connectivity index (χ1) is 18.6. The van der Waals surface area contributed by atoms with E-state index in [0.29, 0.717) is 22.5 Å². The first kappa shape index (κ1) is 28.5. The topological polar surface area (TPSA) is 41.0 Å². The summed E-state index contributed by atoms with van der Waals surface area (Å²) in [5, 5.41) is 4.51. The number of para-hydroxylation sites is 1. The standard InChI is InChI=1S/C31H34F4N4/c1-5-39(6-2)17-9-11-21(4)36-30-25-14-7-10-20(3)28(25)37-29(38-30)24-13-8-12-22(18-24)23-15-16-26(27(32)19-23)31(33,34)35/h7-8,10,12-16,18-19,21H,5-6,9,11,17H2,1-4H3,(H,36,37,38). The van der Waals surface area contributed by atoms with Crippen molar-refractivity contribution in [3.8, 4) is 22.5 Å². The van der Waals surface area contributed by atoms with Crippen LogP contribution in [0.1, 0.15) is 44.7 Å². The zero-order valence-electron chi connectivity index (χ0n) is 22.7. The predicted molar refractivity (Wildman–Crippen MR) is 150 cm³/mol. The van der Waals surface area contributed by atoms with Crippen molar-refractivity contribution < 1.29 is 17.6 Å². The van der Waals surface area contributed by atoms with E-state index in [1.165, 1.54) is 6.07 Å². The van der Waals surface area contributed by atoms with Gasteiger partial charge in [0.2, 0.25) is 0 Å². The van der Waals surface area contributed by atoms with E-state index in [-0.39, 0.29) is 6.04 Å². The number of aromatic nitrogens is 2. The Kier molecular flexibility index (Phi) is 8.85. The molecule has 0 fully saturated rings. The lowest BCUT2D eigenvalue weighted by molar-refractivity contribution is -0.139. The zero-order chi connectivity index (χ0) is 28.2. The van der Waals surface area contributed by atoms with Gasteiger partial charge in [-0.1, -0.05) is 50.2 Å². The molecular formula is C31H34F4N4. The minimum absolute atomic E-state index is 0.188. The van der Waals surface area contributed by atoms with Gasteiger partial charge in [-0.3, -0.25) is 0 Å². The van der Waals surface area contributed by atoms with Crippen molar-refractivity contribution in [1.82, 2.24) is 14.9 Å². The van der Waals surface area contributed by atoms with E-state index in [0.717, 1.165) is 66.9 Å². The number of hydrogen-bond donors (Lipinski definition) is 1. The van der Waals surface area contributed by atoms with Crippen LogP contribution in [0.4, 0.5) is 23.4 Å². The fraction of sp³-hybridized carbons (Fsp3) is 0.355. The first-order valence-electron chi connectivity index (χ1n) is 13.3. The Morgan fingerprint density at radius 1 is 0.897 bits per heavy atom. The minimum Gasteiger partial charge on any atom is -0.367 e. The molecule has 0 saturated carbocycles. The van der Waals surface area contributed by atoms with Crippen LogP contribution >= 0.6 is 0 Å². The SMILES string of the molecule is CCN(CC)CCCC(C)Nc1nc(-c2cccc(-c3ccc(C(F)(F)F)c(F)c3)c2)nc2c(C)cccc12. The van der Waals surface area contributed by atoms with Crippen LogP contribution in [0.5, 0.6) is 0 Å². The highest BCUT2D eigenvalue weighted by molar-refractivity contribution is 5.92. The predicted octanol–water partition coefficient (Wildman–Crippen LogP) is 8.35. The molecule has 3 aromatic carbocycles. The third kappa shape index (κ3) is 6.74. The molecule has 206 valence electrons. The van der Waals surface area contributed by atoms with Gasteiger partial charge in [-0.05, 0) is 87.3 Å². The van der Waals surface area contributed by atoms with Crippen molar-refractivity contribution >= 4 is 16.7 Å². The van der Waals surface area contributed by atoms with Gasteiger partial charge in [0, 0.05) is 17.0 Å². The lowest BCUT2D eigenvalue weighted by atomic mass is 10.0. The van der Waals surface area contributed by atoms with Gasteiger partial charge in [0.25, 0.3) is 0 Å². The number of benzene rings is 3. The largest absolute Gasteiger partial charge is 0.419 e. The molecule has 1 unspecified atom stereocenters. The summed E-state index contributed by atoms with van der Waals surface area (Å²) in [5.41, 5.74) is 2.17. The Balaban J connectivity index is 1.66. The van der Waals surface area contributed by atoms with Gasteiger partial charge in [-0.2, -0.15) is 13.2 Å².